The lowest BCUT2D eigenvalue weighted by molar-refractivity contribution is -0.384. The van der Waals surface area contributed by atoms with E-state index >= 15 is 0 Å². The molecule has 0 unspecified atom stereocenters. The molecule has 0 aliphatic carbocycles. The van der Waals surface area contributed by atoms with Crippen LogP contribution in [0.25, 0.3) is 0 Å². The maximum absolute atomic E-state index is 10.6. The van der Waals surface area contributed by atoms with Crippen molar-refractivity contribution in [1.29, 1.82) is 0 Å². The minimum Gasteiger partial charge on any atom is -0.324 e. The highest BCUT2D eigenvalue weighted by Crippen LogP contribution is 2.28. The minimum absolute atomic E-state index is 0. The highest BCUT2D eigenvalue weighted by molar-refractivity contribution is 6.31. The van der Waals surface area contributed by atoms with Crippen molar-refractivity contribution >= 4 is 29.7 Å². The van der Waals surface area contributed by atoms with E-state index in [4.69, 9.17) is 17.3 Å². The Hall–Kier alpha value is -1.10. The molecule has 1 aromatic rings. The van der Waals surface area contributed by atoms with E-state index in [1.807, 2.05) is 6.92 Å². The molecule has 0 bridgehead atoms. The summed E-state index contributed by atoms with van der Waals surface area (Å²) < 4.78 is 0. The molecule has 4 nitrogen and oxygen atoms in total. The van der Waals surface area contributed by atoms with Gasteiger partial charge in [-0.1, -0.05) is 17.2 Å². The molecule has 0 spiro atoms. The van der Waals surface area contributed by atoms with Crippen molar-refractivity contribution in [3.05, 3.63) is 51.1 Å². The molecule has 0 aliphatic rings. The highest BCUT2D eigenvalue weighted by atomic mass is 35.5. The maximum atomic E-state index is 10.6. The maximum Gasteiger partial charge on any atom is 0.269 e. The van der Waals surface area contributed by atoms with Crippen LogP contribution in [0.4, 0.5) is 5.69 Å². The normalized spacial score (nSPS) is 11.5. The Labute approximate surface area is 111 Å². The number of halogens is 2. The molecule has 0 saturated carbocycles. The van der Waals surface area contributed by atoms with E-state index in [9.17, 15) is 10.1 Å². The first-order valence-corrected chi connectivity index (χ1v) is 5.13. The molecule has 0 aliphatic heterocycles. The summed E-state index contributed by atoms with van der Waals surface area (Å²) in [7, 11) is 0. The van der Waals surface area contributed by atoms with Gasteiger partial charge in [0.05, 0.1) is 4.92 Å². The highest BCUT2D eigenvalue weighted by Gasteiger charge is 2.15. The molecule has 0 radical (unpaired) electrons. The van der Waals surface area contributed by atoms with Crippen molar-refractivity contribution in [3.63, 3.8) is 0 Å². The van der Waals surface area contributed by atoms with Crippen LogP contribution in [0, 0.1) is 10.1 Å². The SMILES string of the molecule is C=C(C)C[C@@H](N)c1cc([N+](=O)[O-])ccc1Cl.Cl. The lowest BCUT2D eigenvalue weighted by Crippen LogP contribution is -2.11. The van der Waals surface area contributed by atoms with Gasteiger partial charge in [0.1, 0.15) is 0 Å². The predicted octanol–water partition coefficient (Wildman–Crippen LogP) is 3.64. The Bertz CT molecular complexity index is 435. The van der Waals surface area contributed by atoms with Gasteiger partial charge in [-0.2, -0.15) is 0 Å². The van der Waals surface area contributed by atoms with E-state index in [-0.39, 0.29) is 24.1 Å². The van der Waals surface area contributed by atoms with Crippen LogP contribution in [0.5, 0.6) is 0 Å². The summed E-state index contributed by atoms with van der Waals surface area (Å²) in [6, 6.07) is 3.91. The molecule has 1 rings (SSSR count). The van der Waals surface area contributed by atoms with E-state index < -0.39 is 4.92 Å². The zero-order valence-electron chi connectivity index (χ0n) is 9.35. The van der Waals surface area contributed by atoms with E-state index in [0.29, 0.717) is 17.0 Å². The Morgan fingerprint density at radius 2 is 2.24 bits per heavy atom. The monoisotopic (exact) mass is 276 g/mol. The summed E-state index contributed by atoms with van der Waals surface area (Å²) in [5, 5.41) is 11.1. The number of benzene rings is 1. The molecule has 1 aromatic carbocycles. The number of hydrogen-bond donors (Lipinski definition) is 1. The molecule has 17 heavy (non-hydrogen) atoms. The van der Waals surface area contributed by atoms with Crippen LogP contribution in [-0.2, 0) is 0 Å². The van der Waals surface area contributed by atoms with E-state index in [1.54, 1.807) is 0 Å². The fraction of sp³-hybridized carbons (Fsp3) is 0.273. The van der Waals surface area contributed by atoms with Gasteiger partial charge in [-0.25, -0.2) is 0 Å². The summed E-state index contributed by atoms with van der Waals surface area (Å²) >= 11 is 5.95. The Balaban J connectivity index is 0.00000256. The molecular formula is C11H14Cl2N2O2. The number of rotatable bonds is 4. The number of nitro benzene ring substituents is 1. The lowest BCUT2D eigenvalue weighted by Gasteiger charge is -2.13. The second-order valence-electron chi connectivity index (χ2n) is 3.73. The van der Waals surface area contributed by atoms with Gasteiger partial charge in [-0.05, 0) is 25.0 Å². The first kappa shape index (κ1) is 15.9. The average Bonchev–Trinajstić information content (AvgIpc) is 2.16. The van der Waals surface area contributed by atoms with Crippen molar-refractivity contribution in [1.82, 2.24) is 0 Å². The largest absolute Gasteiger partial charge is 0.324 e. The Morgan fingerprint density at radius 1 is 1.65 bits per heavy atom. The van der Waals surface area contributed by atoms with E-state index in [0.717, 1.165) is 5.57 Å². The number of nitrogens with zero attached hydrogens (tertiary/aromatic N) is 1. The van der Waals surface area contributed by atoms with Gasteiger partial charge >= 0.3 is 0 Å². The quantitative estimate of drug-likeness (QED) is 0.519. The molecule has 0 heterocycles. The Kier molecular flexibility index (Phi) is 6.16. The van der Waals surface area contributed by atoms with E-state index in [2.05, 4.69) is 6.58 Å². The molecule has 1 atom stereocenters. The van der Waals surface area contributed by atoms with Gasteiger partial charge in [-0.15, -0.1) is 19.0 Å². The van der Waals surface area contributed by atoms with Crippen LogP contribution < -0.4 is 5.73 Å². The smallest absolute Gasteiger partial charge is 0.269 e. The van der Waals surface area contributed by atoms with Crippen LogP contribution in [-0.4, -0.2) is 4.92 Å². The molecule has 94 valence electrons. The first-order valence-electron chi connectivity index (χ1n) is 4.75. The van der Waals surface area contributed by atoms with Gasteiger partial charge in [0.15, 0.2) is 0 Å². The third kappa shape index (κ3) is 4.34. The van der Waals surface area contributed by atoms with E-state index in [1.165, 1.54) is 18.2 Å². The Morgan fingerprint density at radius 3 is 2.71 bits per heavy atom. The fourth-order valence-corrected chi connectivity index (χ4v) is 1.67. The molecule has 0 fully saturated rings. The number of non-ortho nitro benzene ring substituents is 1. The molecule has 0 saturated heterocycles. The van der Waals surface area contributed by atoms with Crippen LogP contribution in [0.2, 0.25) is 5.02 Å². The molecule has 0 aromatic heterocycles. The van der Waals surface area contributed by atoms with Crippen molar-refractivity contribution in [3.8, 4) is 0 Å². The number of hydrogen-bond acceptors (Lipinski definition) is 3. The third-order valence-corrected chi connectivity index (χ3v) is 2.50. The summed E-state index contributed by atoms with van der Waals surface area (Å²) in [4.78, 5) is 10.1. The van der Waals surface area contributed by atoms with Gasteiger partial charge in [0, 0.05) is 23.2 Å². The topological polar surface area (TPSA) is 69.2 Å². The van der Waals surface area contributed by atoms with Crippen LogP contribution in [0.1, 0.15) is 24.9 Å². The van der Waals surface area contributed by atoms with Gasteiger partial charge < -0.3 is 5.73 Å². The van der Waals surface area contributed by atoms with Gasteiger partial charge in [0.2, 0.25) is 0 Å². The second kappa shape index (κ2) is 6.59. The molecule has 6 heteroatoms. The number of nitrogens with two attached hydrogens (primary N) is 1. The summed E-state index contributed by atoms with van der Waals surface area (Å²) in [5.41, 5.74) is 7.39. The summed E-state index contributed by atoms with van der Waals surface area (Å²) in [6.45, 7) is 5.60. The zero-order chi connectivity index (χ0) is 12.3. The molecular weight excluding hydrogens is 263 g/mol. The van der Waals surface area contributed by atoms with Crippen LogP contribution in [0.3, 0.4) is 0 Å². The summed E-state index contributed by atoms with van der Waals surface area (Å²) in [6.07, 6.45) is 0.556. The van der Waals surface area contributed by atoms with Crippen LogP contribution in [0.15, 0.2) is 30.4 Å². The van der Waals surface area contributed by atoms with Crippen molar-refractivity contribution in [2.24, 2.45) is 5.73 Å². The lowest BCUT2D eigenvalue weighted by atomic mass is 10.0. The van der Waals surface area contributed by atoms with Crippen molar-refractivity contribution in [2.45, 2.75) is 19.4 Å². The van der Waals surface area contributed by atoms with Crippen molar-refractivity contribution in [2.75, 3.05) is 0 Å². The zero-order valence-corrected chi connectivity index (χ0v) is 10.9. The summed E-state index contributed by atoms with van der Waals surface area (Å²) in [5.74, 6) is 0. The van der Waals surface area contributed by atoms with Crippen LogP contribution >= 0.6 is 24.0 Å². The average molecular weight is 277 g/mol. The van der Waals surface area contributed by atoms with Gasteiger partial charge in [-0.3, -0.25) is 10.1 Å². The van der Waals surface area contributed by atoms with Crippen molar-refractivity contribution < 1.29 is 4.92 Å². The minimum atomic E-state index is -0.465. The fourth-order valence-electron chi connectivity index (χ4n) is 1.41. The third-order valence-electron chi connectivity index (χ3n) is 2.16. The molecule has 2 N–H and O–H groups in total. The standard InChI is InChI=1S/C11H13ClN2O2.ClH/c1-7(2)5-11(13)9-6-8(14(15)16)3-4-10(9)12;/h3-4,6,11H,1,5,13H2,2H3;1H/t11-;/m1./s1. The first-order chi connectivity index (χ1) is 7.41. The molecule has 0 amide bonds. The predicted molar refractivity (Wildman–Crippen MR) is 71.7 cm³/mol. The van der Waals surface area contributed by atoms with Gasteiger partial charge in [0.25, 0.3) is 5.69 Å². The second-order valence-corrected chi connectivity index (χ2v) is 4.14. The number of nitro groups is 1.